The van der Waals surface area contributed by atoms with Gasteiger partial charge in [-0.1, -0.05) is 0 Å². The number of hydrogen-bond acceptors (Lipinski definition) is 5. The van der Waals surface area contributed by atoms with Crippen molar-refractivity contribution < 1.29 is 4.79 Å². The van der Waals surface area contributed by atoms with Crippen molar-refractivity contribution in [1.29, 1.82) is 0 Å². The van der Waals surface area contributed by atoms with E-state index in [0.29, 0.717) is 16.7 Å². The summed E-state index contributed by atoms with van der Waals surface area (Å²) >= 11 is 0. The van der Waals surface area contributed by atoms with Crippen molar-refractivity contribution in [2.75, 3.05) is 23.3 Å². The lowest BCUT2D eigenvalue weighted by Crippen LogP contribution is -2.29. The third-order valence-corrected chi connectivity index (χ3v) is 4.90. The van der Waals surface area contributed by atoms with Gasteiger partial charge in [-0.2, -0.15) is 5.10 Å². The Kier molecular flexibility index (Phi) is 4.62. The summed E-state index contributed by atoms with van der Waals surface area (Å²) in [6.07, 6.45) is 6.60. The highest BCUT2D eigenvalue weighted by molar-refractivity contribution is 5.90. The Morgan fingerprint density at radius 2 is 1.89 bits per heavy atom. The van der Waals surface area contributed by atoms with Crippen LogP contribution in [0.3, 0.4) is 0 Å². The number of rotatable bonds is 4. The highest BCUT2D eigenvalue weighted by Gasteiger charge is 2.13. The smallest absolute Gasteiger partial charge is 0.264 e. The lowest BCUT2D eigenvalue weighted by Gasteiger charge is -2.28. The molecule has 3 heterocycles. The van der Waals surface area contributed by atoms with Gasteiger partial charge < -0.3 is 10.2 Å². The number of aryl methyl sites for hydroxylation is 1. The van der Waals surface area contributed by atoms with Crippen molar-refractivity contribution in [3.63, 3.8) is 0 Å². The molecular formula is C19H22N6O2. The largest absolute Gasteiger partial charge is 0.372 e. The second-order valence-corrected chi connectivity index (χ2v) is 6.83. The fraction of sp³-hybridized carbons (Fsp3) is 0.368. The first-order valence-electron chi connectivity index (χ1n) is 9.14. The molecule has 1 saturated heterocycles. The van der Waals surface area contributed by atoms with Gasteiger partial charge in [-0.3, -0.25) is 18.8 Å². The van der Waals surface area contributed by atoms with Crippen LogP contribution in [-0.4, -0.2) is 38.3 Å². The first kappa shape index (κ1) is 17.3. The summed E-state index contributed by atoms with van der Waals surface area (Å²) in [5.74, 6) is -0.270. The molecule has 8 heteroatoms. The van der Waals surface area contributed by atoms with Gasteiger partial charge >= 0.3 is 0 Å². The van der Waals surface area contributed by atoms with Gasteiger partial charge in [-0.25, -0.2) is 4.98 Å². The summed E-state index contributed by atoms with van der Waals surface area (Å²) < 4.78 is 2.83. The minimum Gasteiger partial charge on any atom is -0.372 e. The van der Waals surface area contributed by atoms with Crippen molar-refractivity contribution >= 4 is 28.3 Å². The number of amides is 1. The van der Waals surface area contributed by atoms with Crippen molar-refractivity contribution in [2.24, 2.45) is 7.05 Å². The quantitative estimate of drug-likeness (QED) is 0.760. The Balaban J connectivity index is 1.43. The molecule has 1 fully saturated rings. The minimum absolute atomic E-state index is 0.0927. The second-order valence-electron chi connectivity index (χ2n) is 6.83. The number of piperidine rings is 1. The van der Waals surface area contributed by atoms with Crippen molar-refractivity contribution in [2.45, 2.75) is 25.8 Å². The molecule has 0 saturated carbocycles. The van der Waals surface area contributed by atoms with Crippen LogP contribution in [0.5, 0.6) is 0 Å². The van der Waals surface area contributed by atoms with Gasteiger partial charge in [0.25, 0.3) is 5.56 Å². The van der Waals surface area contributed by atoms with Crippen LogP contribution in [-0.2, 0) is 18.4 Å². The van der Waals surface area contributed by atoms with Gasteiger partial charge in [-0.15, -0.1) is 0 Å². The maximum absolute atomic E-state index is 12.4. The van der Waals surface area contributed by atoms with Crippen LogP contribution >= 0.6 is 0 Å². The summed E-state index contributed by atoms with van der Waals surface area (Å²) in [5.41, 5.74) is 2.12. The summed E-state index contributed by atoms with van der Waals surface area (Å²) in [6.45, 7) is 2.07. The van der Waals surface area contributed by atoms with E-state index in [0.717, 1.165) is 13.1 Å². The van der Waals surface area contributed by atoms with Gasteiger partial charge in [-0.05, 0) is 43.5 Å². The van der Waals surface area contributed by atoms with Crippen LogP contribution < -0.4 is 15.8 Å². The van der Waals surface area contributed by atoms with E-state index in [1.165, 1.54) is 46.7 Å². The number of nitrogens with zero attached hydrogens (tertiary/aromatic N) is 5. The summed E-state index contributed by atoms with van der Waals surface area (Å²) in [4.78, 5) is 31.3. The first-order chi connectivity index (χ1) is 13.1. The Labute approximate surface area is 156 Å². The fourth-order valence-corrected chi connectivity index (χ4v) is 3.44. The molecule has 0 aliphatic carbocycles. The number of hydrogen-bond donors (Lipinski definition) is 1. The lowest BCUT2D eigenvalue weighted by atomic mass is 10.1. The molecule has 0 atom stereocenters. The normalized spacial score (nSPS) is 14.5. The van der Waals surface area contributed by atoms with Crippen LogP contribution in [0, 0.1) is 0 Å². The summed E-state index contributed by atoms with van der Waals surface area (Å²) in [7, 11) is 1.72. The van der Waals surface area contributed by atoms with E-state index in [1.807, 2.05) is 24.3 Å². The molecule has 1 N–H and O–H groups in total. The third kappa shape index (κ3) is 3.55. The molecule has 1 amide bonds. The van der Waals surface area contributed by atoms with Crippen LogP contribution in [0.2, 0.25) is 0 Å². The maximum atomic E-state index is 12.4. The highest BCUT2D eigenvalue weighted by atomic mass is 16.2. The monoisotopic (exact) mass is 366 g/mol. The molecular weight excluding hydrogens is 344 g/mol. The maximum Gasteiger partial charge on any atom is 0.264 e. The molecule has 4 rings (SSSR count). The first-order valence-corrected chi connectivity index (χ1v) is 9.14. The molecule has 0 unspecified atom stereocenters. The van der Waals surface area contributed by atoms with Gasteiger partial charge in [0.15, 0.2) is 5.65 Å². The molecule has 1 aromatic carbocycles. The Bertz CT molecular complexity index is 1010. The number of anilines is 2. The Morgan fingerprint density at radius 3 is 2.63 bits per heavy atom. The molecule has 3 aromatic rings. The molecule has 27 heavy (non-hydrogen) atoms. The van der Waals surface area contributed by atoms with Crippen molar-refractivity contribution in [3.8, 4) is 0 Å². The number of aromatic nitrogens is 4. The topological polar surface area (TPSA) is 85.0 Å². The van der Waals surface area contributed by atoms with Crippen molar-refractivity contribution in [3.05, 3.63) is 47.1 Å². The molecule has 140 valence electrons. The van der Waals surface area contributed by atoms with Gasteiger partial charge in [0.2, 0.25) is 5.91 Å². The van der Waals surface area contributed by atoms with Crippen LogP contribution in [0.25, 0.3) is 11.0 Å². The molecule has 0 spiro atoms. The standard InChI is InChI=1S/C19H22N6O2/c1-23-18-16(11-21-23)19(27)25(13-20-18)12-17(26)22-14-5-7-15(8-6-14)24-9-3-2-4-10-24/h5-8,11,13H,2-4,9-10,12H2,1H3,(H,22,26). The van der Waals surface area contributed by atoms with E-state index >= 15 is 0 Å². The average Bonchev–Trinajstić information content (AvgIpc) is 3.07. The molecule has 0 radical (unpaired) electrons. The minimum atomic E-state index is -0.274. The Morgan fingerprint density at radius 1 is 1.15 bits per heavy atom. The summed E-state index contributed by atoms with van der Waals surface area (Å²) in [5, 5.41) is 7.26. The van der Waals surface area contributed by atoms with E-state index in [-0.39, 0.29) is 18.0 Å². The van der Waals surface area contributed by atoms with E-state index in [1.54, 1.807) is 7.05 Å². The predicted molar refractivity (Wildman–Crippen MR) is 104 cm³/mol. The van der Waals surface area contributed by atoms with Gasteiger partial charge in [0, 0.05) is 31.5 Å². The molecule has 8 nitrogen and oxygen atoms in total. The zero-order chi connectivity index (χ0) is 18.8. The third-order valence-electron chi connectivity index (χ3n) is 4.90. The molecule has 2 aromatic heterocycles. The number of nitrogens with one attached hydrogen (secondary N) is 1. The van der Waals surface area contributed by atoms with E-state index in [4.69, 9.17) is 0 Å². The average molecular weight is 366 g/mol. The molecule has 0 bridgehead atoms. The van der Waals surface area contributed by atoms with Gasteiger partial charge in [0.05, 0.1) is 6.20 Å². The highest BCUT2D eigenvalue weighted by Crippen LogP contribution is 2.21. The Hall–Kier alpha value is -3.16. The van der Waals surface area contributed by atoms with Crippen molar-refractivity contribution in [1.82, 2.24) is 19.3 Å². The van der Waals surface area contributed by atoms with E-state index < -0.39 is 0 Å². The van der Waals surface area contributed by atoms with Crippen LogP contribution in [0.1, 0.15) is 19.3 Å². The number of fused-ring (bicyclic) bond motifs is 1. The lowest BCUT2D eigenvalue weighted by molar-refractivity contribution is -0.116. The second kappa shape index (κ2) is 7.22. The summed E-state index contributed by atoms with van der Waals surface area (Å²) in [6, 6.07) is 7.84. The molecule has 1 aliphatic heterocycles. The SMILES string of the molecule is Cn1ncc2c(=O)n(CC(=O)Nc3ccc(N4CCCCC4)cc3)cnc21. The fourth-order valence-electron chi connectivity index (χ4n) is 3.44. The number of carbonyl (C=O) groups excluding carboxylic acids is 1. The molecule has 1 aliphatic rings. The van der Waals surface area contributed by atoms with Crippen LogP contribution in [0.15, 0.2) is 41.6 Å². The zero-order valence-corrected chi connectivity index (χ0v) is 15.3. The van der Waals surface area contributed by atoms with Crippen LogP contribution in [0.4, 0.5) is 11.4 Å². The number of benzene rings is 1. The van der Waals surface area contributed by atoms with E-state index in [9.17, 15) is 9.59 Å². The van der Waals surface area contributed by atoms with Gasteiger partial charge in [0.1, 0.15) is 18.3 Å². The predicted octanol–water partition coefficient (Wildman–Crippen LogP) is 1.76. The zero-order valence-electron chi connectivity index (χ0n) is 15.3. The number of carbonyl (C=O) groups is 1. The van der Waals surface area contributed by atoms with E-state index in [2.05, 4.69) is 20.3 Å².